The molecular weight excluding hydrogens is 324 g/mol. The number of ether oxygens (including phenoxy) is 2. The molecule has 1 N–H and O–H groups in total. The van der Waals surface area contributed by atoms with Crippen LogP contribution < -0.4 is 5.32 Å². The number of esters is 1. The third kappa shape index (κ3) is 7.75. The fourth-order valence-electron chi connectivity index (χ4n) is 2.38. The van der Waals surface area contributed by atoms with E-state index >= 15 is 0 Å². The Morgan fingerprint density at radius 2 is 1.64 bits per heavy atom. The molecule has 0 saturated carbocycles. The Morgan fingerprint density at radius 1 is 1.08 bits per heavy atom. The molecule has 0 spiro atoms. The van der Waals surface area contributed by atoms with Gasteiger partial charge in [-0.3, -0.25) is 9.59 Å². The predicted octanol–water partition coefficient (Wildman–Crippen LogP) is 2.48. The molecule has 7 nitrogen and oxygen atoms in total. The third-order valence-electron chi connectivity index (χ3n) is 4.19. The summed E-state index contributed by atoms with van der Waals surface area (Å²) in [4.78, 5) is 37.5. The van der Waals surface area contributed by atoms with Crippen molar-refractivity contribution in [2.24, 2.45) is 5.92 Å². The number of carbonyl (C=O) groups is 3. The molecule has 25 heavy (non-hydrogen) atoms. The average molecular weight is 356 g/mol. The summed E-state index contributed by atoms with van der Waals surface area (Å²) in [6.07, 6.45) is 1.45. The molecule has 7 heteroatoms. The SMILES string of the molecule is CCC(C)(C)NC(=O)COC(=O)C1CCN(C(=O)OC(C)(C)C)CC1. The number of carbonyl (C=O) groups excluding carboxylic acids is 3. The summed E-state index contributed by atoms with van der Waals surface area (Å²) in [5.41, 5.74) is -0.852. The molecule has 0 aromatic carbocycles. The molecule has 1 heterocycles. The van der Waals surface area contributed by atoms with Gasteiger partial charge in [-0.1, -0.05) is 6.92 Å². The summed E-state index contributed by atoms with van der Waals surface area (Å²) in [7, 11) is 0. The van der Waals surface area contributed by atoms with Crippen LogP contribution in [0.4, 0.5) is 4.79 Å². The smallest absolute Gasteiger partial charge is 0.410 e. The highest BCUT2D eigenvalue weighted by Gasteiger charge is 2.31. The van der Waals surface area contributed by atoms with E-state index in [-0.39, 0.29) is 36.0 Å². The highest BCUT2D eigenvalue weighted by Crippen LogP contribution is 2.20. The minimum atomic E-state index is -0.535. The highest BCUT2D eigenvalue weighted by atomic mass is 16.6. The van der Waals surface area contributed by atoms with Crippen LogP contribution in [0.1, 0.15) is 60.8 Å². The van der Waals surface area contributed by atoms with Crippen molar-refractivity contribution in [3.8, 4) is 0 Å². The van der Waals surface area contributed by atoms with Gasteiger partial charge in [-0.05, 0) is 53.9 Å². The Balaban J connectivity index is 2.36. The van der Waals surface area contributed by atoms with Gasteiger partial charge in [0.25, 0.3) is 5.91 Å². The maximum Gasteiger partial charge on any atom is 0.410 e. The number of nitrogens with one attached hydrogen (secondary N) is 1. The molecule has 0 unspecified atom stereocenters. The van der Waals surface area contributed by atoms with E-state index in [2.05, 4.69) is 5.32 Å². The minimum Gasteiger partial charge on any atom is -0.455 e. The lowest BCUT2D eigenvalue weighted by Gasteiger charge is -2.32. The molecule has 2 amide bonds. The van der Waals surface area contributed by atoms with Crippen molar-refractivity contribution in [1.82, 2.24) is 10.2 Å². The van der Waals surface area contributed by atoms with Gasteiger partial charge < -0.3 is 19.7 Å². The number of nitrogens with zero attached hydrogens (tertiary/aromatic N) is 1. The molecule has 0 aromatic heterocycles. The van der Waals surface area contributed by atoms with Gasteiger partial charge in [-0.15, -0.1) is 0 Å². The molecule has 0 aliphatic carbocycles. The monoisotopic (exact) mass is 356 g/mol. The van der Waals surface area contributed by atoms with Gasteiger partial charge in [-0.2, -0.15) is 0 Å². The lowest BCUT2D eigenvalue weighted by molar-refractivity contribution is -0.154. The van der Waals surface area contributed by atoms with Crippen LogP contribution in [-0.2, 0) is 19.1 Å². The fourth-order valence-corrected chi connectivity index (χ4v) is 2.38. The lowest BCUT2D eigenvalue weighted by atomic mass is 9.97. The van der Waals surface area contributed by atoms with Crippen LogP contribution in [0.5, 0.6) is 0 Å². The normalized spacial score (nSPS) is 16.3. The molecule has 1 rings (SSSR count). The Labute approximate surface area is 150 Å². The number of likely N-dealkylation sites (tertiary alicyclic amines) is 1. The molecule has 1 aliphatic heterocycles. The molecule has 0 atom stereocenters. The van der Waals surface area contributed by atoms with Crippen LogP contribution in [-0.4, -0.2) is 53.7 Å². The number of amides is 2. The summed E-state index contributed by atoms with van der Waals surface area (Å²) in [5, 5.41) is 2.82. The Hall–Kier alpha value is -1.79. The Bertz CT molecular complexity index is 488. The molecule has 0 bridgehead atoms. The van der Waals surface area contributed by atoms with E-state index in [1.807, 2.05) is 41.5 Å². The van der Waals surface area contributed by atoms with E-state index in [9.17, 15) is 14.4 Å². The first-order valence-electron chi connectivity index (χ1n) is 8.89. The van der Waals surface area contributed by atoms with Crippen LogP contribution in [0.25, 0.3) is 0 Å². The molecular formula is C18H32N2O5. The Morgan fingerprint density at radius 3 is 2.12 bits per heavy atom. The number of hydrogen-bond acceptors (Lipinski definition) is 5. The van der Waals surface area contributed by atoms with Crippen LogP contribution in [0, 0.1) is 5.92 Å². The van der Waals surface area contributed by atoms with Crippen molar-refractivity contribution >= 4 is 18.0 Å². The quantitative estimate of drug-likeness (QED) is 0.765. The molecule has 1 saturated heterocycles. The van der Waals surface area contributed by atoms with Crippen molar-refractivity contribution in [2.45, 2.75) is 71.9 Å². The van der Waals surface area contributed by atoms with E-state index in [1.54, 1.807) is 4.90 Å². The summed E-state index contributed by atoms with van der Waals surface area (Å²) in [5.74, 6) is -0.967. The fraction of sp³-hybridized carbons (Fsp3) is 0.833. The van der Waals surface area contributed by atoms with Gasteiger partial charge in [0.05, 0.1) is 5.92 Å². The van der Waals surface area contributed by atoms with Crippen LogP contribution in [0.2, 0.25) is 0 Å². The lowest BCUT2D eigenvalue weighted by Crippen LogP contribution is -2.45. The van der Waals surface area contributed by atoms with Gasteiger partial charge in [-0.25, -0.2) is 4.79 Å². The van der Waals surface area contributed by atoms with E-state index < -0.39 is 5.60 Å². The molecule has 144 valence electrons. The largest absolute Gasteiger partial charge is 0.455 e. The van der Waals surface area contributed by atoms with Crippen molar-refractivity contribution in [2.75, 3.05) is 19.7 Å². The van der Waals surface area contributed by atoms with Crippen LogP contribution in [0.3, 0.4) is 0 Å². The van der Waals surface area contributed by atoms with E-state index in [4.69, 9.17) is 9.47 Å². The highest BCUT2D eigenvalue weighted by molar-refractivity contribution is 5.81. The van der Waals surface area contributed by atoms with Crippen molar-refractivity contribution in [3.63, 3.8) is 0 Å². The van der Waals surface area contributed by atoms with Gasteiger partial charge in [0.1, 0.15) is 5.60 Å². The second kappa shape index (κ2) is 8.54. The van der Waals surface area contributed by atoms with E-state index in [1.165, 1.54) is 0 Å². The van der Waals surface area contributed by atoms with Gasteiger partial charge in [0.2, 0.25) is 0 Å². The zero-order chi connectivity index (χ0) is 19.3. The first kappa shape index (κ1) is 21.3. The molecule has 0 radical (unpaired) electrons. The first-order chi connectivity index (χ1) is 11.4. The van der Waals surface area contributed by atoms with Gasteiger partial charge in [0.15, 0.2) is 6.61 Å². The van der Waals surface area contributed by atoms with Crippen LogP contribution in [0.15, 0.2) is 0 Å². The van der Waals surface area contributed by atoms with Gasteiger partial charge >= 0.3 is 12.1 Å². The van der Waals surface area contributed by atoms with E-state index in [0.29, 0.717) is 25.9 Å². The number of rotatable bonds is 5. The number of piperidine rings is 1. The summed E-state index contributed by atoms with van der Waals surface area (Å²) in [6.45, 7) is 11.9. The van der Waals surface area contributed by atoms with E-state index in [0.717, 1.165) is 6.42 Å². The number of hydrogen-bond donors (Lipinski definition) is 1. The Kier molecular flexibility index (Phi) is 7.26. The average Bonchev–Trinajstić information content (AvgIpc) is 2.50. The molecule has 0 aromatic rings. The van der Waals surface area contributed by atoms with Crippen molar-refractivity contribution in [3.05, 3.63) is 0 Å². The summed E-state index contributed by atoms with van der Waals surface area (Å²) < 4.78 is 10.5. The second-order valence-corrected chi connectivity index (χ2v) is 8.13. The van der Waals surface area contributed by atoms with Gasteiger partial charge in [0, 0.05) is 18.6 Å². The van der Waals surface area contributed by atoms with Crippen molar-refractivity contribution in [1.29, 1.82) is 0 Å². The van der Waals surface area contributed by atoms with Crippen molar-refractivity contribution < 1.29 is 23.9 Å². The minimum absolute atomic E-state index is 0.269. The maximum absolute atomic E-state index is 12.1. The zero-order valence-corrected chi connectivity index (χ0v) is 16.3. The summed E-state index contributed by atoms with van der Waals surface area (Å²) in [6, 6.07) is 0. The summed E-state index contributed by atoms with van der Waals surface area (Å²) >= 11 is 0. The molecule has 1 fully saturated rings. The third-order valence-corrected chi connectivity index (χ3v) is 4.19. The predicted molar refractivity (Wildman–Crippen MR) is 94.0 cm³/mol. The maximum atomic E-state index is 12.1. The standard InChI is InChI=1S/C18H32N2O5/c1-7-18(5,6)19-14(21)12-24-15(22)13-8-10-20(11-9-13)16(23)25-17(2,3)4/h13H,7-12H2,1-6H3,(H,19,21). The topological polar surface area (TPSA) is 84.9 Å². The molecule has 1 aliphatic rings. The zero-order valence-electron chi connectivity index (χ0n) is 16.3. The second-order valence-electron chi connectivity index (χ2n) is 8.13. The van der Waals surface area contributed by atoms with Crippen LogP contribution >= 0.6 is 0 Å². The first-order valence-corrected chi connectivity index (χ1v) is 8.89.